The van der Waals surface area contributed by atoms with Crippen molar-refractivity contribution in [2.24, 2.45) is 11.3 Å². The molecular weight excluding hydrogens is 340 g/mol. The van der Waals surface area contributed by atoms with E-state index in [2.05, 4.69) is 0 Å². The molecule has 5 heteroatoms. The maximum absolute atomic E-state index is 12.6. The van der Waals surface area contributed by atoms with Crippen molar-refractivity contribution in [3.8, 4) is 0 Å². The van der Waals surface area contributed by atoms with Crippen molar-refractivity contribution in [2.45, 2.75) is 53.4 Å². The lowest BCUT2D eigenvalue weighted by molar-refractivity contribution is -0.154. The van der Waals surface area contributed by atoms with Gasteiger partial charge in [-0.25, -0.2) is 0 Å². The van der Waals surface area contributed by atoms with Crippen LogP contribution in [0.15, 0.2) is 24.3 Å². The standard InChI is InChI=1S/C19H26O3S2/c1-12-7-9-15(10-8-12)17(20)13(2)11-16(24-14(3)23)22-18(21)19(4,5)6/h7-10,13,16H,11H2,1-6H3. The minimum atomic E-state index is -0.585. The van der Waals surface area contributed by atoms with Gasteiger partial charge in [0.15, 0.2) is 11.2 Å². The van der Waals surface area contributed by atoms with Gasteiger partial charge in [0.2, 0.25) is 0 Å². The summed E-state index contributed by atoms with van der Waals surface area (Å²) in [5, 5.41) is 0. The Labute approximate surface area is 154 Å². The number of carbonyl (C=O) groups excluding carboxylic acids is 2. The first-order valence-electron chi connectivity index (χ1n) is 8.00. The number of benzene rings is 1. The van der Waals surface area contributed by atoms with Gasteiger partial charge in [0.05, 0.1) is 5.41 Å². The lowest BCUT2D eigenvalue weighted by Gasteiger charge is -2.24. The largest absolute Gasteiger partial charge is 0.450 e. The summed E-state index contributed by atoms with van der Waals surface area (Å²) in [6, 6.07) is 7.52. The Bertz CT molecular complexity index is 600. The molecule has 3 nitrogen and oxygen atoms in total. The number of hydrogen-bond acceptors (Lipinski definition) is 5. The normalized spacial score (nSPS) is 13.9. The molecule has 24 heavy (non-hydrogen) atoms. The quantitative estimate of drug-likeness (QED) is 0.300. The van der Waals surface area contributed by atoms with Crippen molar-refractivity contribution in [2.75, 3.05) is 0 Å². The van der Waals surface area contributed by atoms with Gasteiger partial charge >= 0.3 is 5.97 Å². The number of Topliss-reactive ketones (excluding diaryl/α,β-unsaturated/α-hetero) is 1. The molecule has 1 aromatic carbocycles. The SMILES string of the molecule is CC(=S)SC(CC(C)C(=O)c1ccc(C)cc1)OC(=O)C(C)(C)C. The lowest BCUT2D eigenvalue weighted by atomic mass is 9.95. The highest BCUT2D eigenvalue weighted by atomic mass is 32.2. The van der Waals surface area contributed by atoms with Gasteiger partial charge in [0.25, 0.3) is 0 Å². The van der Waals surface area contributed by atoms with Gasteiger partial charge in [0, 0.05) is 22.1 Å². The van der Waals surface area contributed by atoms with Crippen molar-refractivity contribution in [3.05, 3.63) is 35.4 Å². The van der Waals surface area contributed by atoms with Gasteiger partial charge in [-0.15, -0.1) is 0 Å². The first-order valence-corrected chi connectivity index (χ1v) is 9.28. The Balaban J connectivity index is 2.81. The zero-order chi connectivity index (χ0) is 18.5. The van der Waals surface area contributed by atoms with Crippen LogP contribution in [0, 0.1) is 18.3 Å². The van der Waals surface area contributed by atoms with Gasteiger partial charge in [0.1, 0.15) is 0 Å². The van der Waals surface area contributed by atoms with E-state index in [1.165, 1.54) is 11.8 Å². The molecule has 0 saturated carbocycles. The number of thiocarbonyl (C=S) groups is 1. The highest BCUT2D eigenvalue weighted by molar-refractivity contribution is 8.23. The molecule has 2 atom stereocenters. The van der Waals surface area contributed by atoms with E-state index in [4.69, 9.17) is 17.0 Å². The predicted molar refractivity (Wildman–Crippen MR) is 104 cm³/mol. The van der Waals surface area contributed by atoms with Gasteiger partial charge < -0.3 is 4.74 Å². The smallest absolute Gasteiger partial charge is 0.312 e. The molecule has 0 aliphatic carbocycles. The fourth-order valence-corrected chi connectivity index (χ4v) is 3.21. The summed E-state index contributed by atoms with van der Waals surface area (Å²) in [6.45, 7) is 11.1. The minimum absolute atomic E-state index is 0.0504. The van der Waals surface area contributed by atoms with Gasteiger partial charge in [-0.2, -0.15) is 0 Å². The van der Waals surface area contributed by atoms with Crippen molar-refractivity contribution >= 4 is 39.9 Å². The molecule has 0 aromatic heterocycles. The molecule has 0 saturated heterocycles. The molecule has 0 aliphatic heterocycles. The molecule has 0 heterocycles. The molecular formula is C19H26O3S2. The van der Waals surface area contributed by atoms with Crippen LogP contribution in [0.25, 0.3) is 0 Å². The number of ketones is 1. The summed E-state index contributed by atoms with van der Waals surface area (Å²) < 4.78 is 6.28. The highest BCUT2D eigenvalue weighted by Crippen LogP contribution is 2.27. The molecule has 0 bridgehead atoms. The number of ether oxygens (including phenoxy) is 1. The topological polar surface area (TPSA) is 43.4 Å². The Kier molecular flexibility index (Phi) is 7.61. The van der Waals surface area contributed by atoms with Gasteiger partial charge in [-0.1, -0.05) is 60.7 Å². The third-order valence-corrected chi connectivity index (χ3v) is 4.65. The van der Waals surface area contributed by atoms with Gasteiger partial charge in [-0.3, -0.25) is 9.59 Å². The van der Waals surface area contributed by atoms with Crippen molar-refractivity contribution in [3.63, 3.8) is 0 Å². The van der Waals surface area contributed by atoms with Crippen molar-refractivity contribution in [1.82, 2.24) is 0 Å². The van der Waals surface area contributed by atoms with E-state index < -0.39 is 10.9 Å². The fourth-order valence-electron chi connectivity index (χ4n) is 2.00. The van der Waals surface area contributed by atoms with Gasteiger partial charge in [-0.05, 0) is 34.6 Å². The van der Waals surface area contributed by atoms with E-state index in [9.17, 15) is 9.59 Å². The summed E-state index contributed by atoms with van der Waals surface area (Å²) in [4.78, 5) is 24.7. The number of aryl methyl sites for hydroxylation is 1. The third-order valence-electron chi connectivity index (χ3n) is 3.48. The van der Waals surface area contributed by atoms with Crippen LogP contribution in [-0.4, -0.2) is 21.4 Å². The molecule has 1 rings (SSSR count). The monoisotopic (exact) mass is 366 g/mol. The second kappa shape index (κ2) is 8.77. The van der Waals surface area contributed by atoms with Crippen molar-refractivity contribution < 1.29 is 14.3 Å². The van der Waals surface area contributed by atoms with Crippen LogP contribution < -0.4 is 0 Å². The minimum Gasteiger partial charge on any atom is -0.450 e. The van der Waals surface area contributed by atoms with Crippen LogP contribution >= 0.6 is 24.0 Å². The van der Waals surface area contributed by atoms with Crippen molar-refractivity contribution in [1.29, 1.82) is 0 Å². The van der Waals surface area contributed by atoms with Crippen LogP contribution in [0.4, 0.5) is 0 Å². The number of esters is 1. The first-order chi connectivity index (χ1) is 11.0. The van der Waals surface area contributed by atoms with Crippen LogP contribution in [0.1, 0.15) is 57.0 Å². The molecule has 0 aliphatic rings. The fraction of sp³-hybridized carbons (Fsp3) is 0.526. The third kappa shape index (κ3) is 6.73. The summed E-state index contributed by atoms with van der Waals surface area (Å²) in [5.74, 6) is -0.493. The average Bonchev–Trinajstić information content (AvgIpc) is 2.45. The van der Waals surface area contributed by atoms with E-state index in [1.807, 2.05) is 58.9 Å². The van der Waals surface area contributed by atoms with Crippen LogP contribution in [-0.2, 0) is 9.53 Å². The summed E-state index contributed by atoms with van der Waals surface area (Å²) in [7, 11) is 0. The Morgan fingerprint density at radius 2 is 1.75 bits per heavy atom. The Hall–Kier alpha value is -1.20. The highest BCUT2D eigenvalue weighted by Gasteiger charge is 2.29. The molecule has 0 fully saturated rings. The summed E-state index contributed by atoms with van der Waals surface area (Å²) in [6.07, 6.45) is 0.438. The zero-order valence-electron chi connectivity index (χ0n) is 15.2. The van der Waals surface area contributed by atoms with E-state index in [1.54, 1.807) is 6.92 Å². The first kappa shape index (κ1) is 20.8. The average molecular weight is 367 g/mol. The van der Waals surface area contributed by atoms with E-state index in [0.29, 0.717) is 16.2 Å². The van der Waals surface area contributed by atoms with E-state index in [0.717, 1.165) is 5.56 Å². The summed E-state index contributed by atoms with van der Waals surface area (Å²) >= 11 is 6.45. The number of thioether (sulfide) groups is 1. The molecule has 0 amide bonds. The number of hydrogen-bond donors (Lipinski definition) is 0. The maximum Gasteiger partial charge on any atom is 0.312 e. The van der Waals surface area contributed by atoms with E-state index in [-0.39, 0.29) is 17.7 Å². The molecule has 0 N–H and O–H groups in total. The Morgan fingerprint density at radius 1 is 1.21 bits per heavy atom. The molecule has 0 radical (unpaired) electrons. The Morgan fingerprint density at radius 3 is 2.21 bits per heavy atom. The maximum atomic E-state index is 12.6. The predicted octanol–water partition coefficient (Wildman–Crippen LogP) is 5.20. The zero-order valence-corrected chi connectivity index (χ0v) is 16.8. The van der Waals surface area contributed by atoms with Crippen LogP contribution in [0.3, 0.4) is 0 Å². The second-order valence-corrected chi connectivity index (χ2v) is 9.31. The number of rotatable bonds is 6. The summed E-state index contributed by atoms with van der Waals surface area (Å²) in [5.41, 5.74) is 0.762. The van der Waals surface area contributed by atoms with E-state index >= 15 is 0 Å². The molecule has 132 valence electrons. The van der Waals surface area contributed by atoms with Crippen LogP contribution in [0.2, 0.25) is 0 Å². The second-order valence-electron chi connectivity index (χ2n) is 7.06. The molecule has 2 unspecified atom stereocenters. The van der Waals surface area contributed by atoms with Crippen LogP contribution in [0.5, 0.6) is 0 Å². The molecule has 1 aromatic rings. The lowest BCUT2D eigenvalue weighted by Crippen LogP contribution is -2.29. The molecule has 0 spiro atoms. The number of carbonyl (C=O) groups is 2.